The van der Waals surface area contributed by atoms with Crippen molar-refractivity contribution in [3.05, 3.63) is 23.9 Å². The van der Waals surface area contributed by atoms with E-state index in [1.807, 2.05) is 0 Å². The van der Waals surface area contributed by atoms with Crippen molar-refractivity contribution >= 4 is 5.82 Å². The molecule has 1 aromatic heterocycles. The van der Waals surface area contributed by atoms with Crippen molar-refractivity contribution in [3.63, 3.8) is 0 Å². The van der Waals surface area contributed by atoms with Gasteiger partial charge in [0.1, 0.15) is 5.82 Å². The Morgan fingerprint density at radius 2 is 2.17 bits per heavy atom. The third-order valence-corrected chi connectivity index (χ3v) is 2.29. The van der Waals surface area contributed by atoms with Gasteiger partial charge >= 0.3 is 6.18 Å². The lowest BCUT2D eigenvalue weighted by Gasteiger charge is -2.12. The highest BCUT2D eigenvalue weighted by Gasteiger charge is 2.30. The van der Waals surface area contributed by atoms with Crippen molar-refractivity contribution in [1.29, 1.82) is 0 Å². The molecule has 0 bridgehead atoms. The van der Waals surface area contributed by atoms with Crippen molar-refractivity contribution in [2.75, 3.05) is 25.6 Å². The summed E-state index contributed by atoms with van der Waals surface area (Å²) in [5.41, 5.74) is 4.94. The van der Waals surface area contributed by atoms with Gasteiger partial charge in [-0.2, -0.15) is 13.2 Å². The minimum absolute atomic E-state index is 0.100. The summed E-state index contributed by atoms with van der Waals surface area (Å²) in [5, 5.41) is 2.90. The molecule has 18 heavy (non-hydrogen) atoms. The van der Waals surface area contributed by atoms with Crippen LogP contribution in [0.2, 0.25) is 0 Å². The largest absolute Gasteiger partial charge is 0.417 e. The van der Waals surface area contributed by atoms with E-state index in [4.69, 9.17) is 10.5 Å². The molecule has 3 N–H and O–H groups in total. The second kappa shape index (κ2) is 6.55. The van der Waals surface area contributed by atoms with Crippen LogP contribution < -0.4 is 11.1 Å². The summed E-state index contributed by atoms with van der Waals surface area (Å²) in [7, 11) is 1.56. The van der Waals surface area contributed by atoms with Gasteiger partial charge in [-0.3, -0.25) is 0 Å². The maximum Gasteiger partial charge on any atom is 0.417 e. The predicted octanol–water partition coefficient (Wildman–Crippen LogP) is 1.88. The van der Waals surface area contributed by atoms with E-state index in [0.29, 0.717) is 25.4 Å². The van der Waals surface area contributed by atoms with Crippen LogP contribution in [0.1, 0.15) is 12.0 Å². The first-order chi connectivity index (χ1) is 8.43. The number of rotatable bonds is 6. The number of nitrogens with one attached hydrogen (secondary N) is 1. The summed E-state index contributed by atoms with van der Waals surface area (Å²) < 4.78 is 41.7. The molecule has 0 saturated heterocycles. The van der Waals surface area contributed by atoms with E-state index in [9.17, 15) is 13.2 Å². The van der Waals surface area contributed by atoms with Crippen molar-refractivity contribution in [2.24, 2.45) is 5.73 Å². The van der Waals surface area contributed by atoms with Crippen LogP contribution in [-0.2, 0) is 10.9 Å². The maximum atomic E-state index is 12.3. The van der Waals surface area contributed by atoms with Gasteiger partial charge in [-0.25, -0.2) is 4.98 Å². The lowest BCUT2D eigenvalue weighted by Crippen LogP contribution is -2.28. The molecule has 1 rings (SSSR count). The summed E-state index contributed by atoms with van der Waals surface area (Å²) in [6, 6.07) is 2.19. The van der Waals surface area contributed by atoms with Crippen molar-refractivity contribution in [1.82, 2.24) is 4.98 Å². The third-order valence-electron chi connectivity index (χ3n) is 2.29. The first-order valence-electron chi connectivity index (χ1n) is 5.45. The fourth-order valence-corrected chi connectivity index (χ4v) is 1.35. The van der Waals surface area contributed by atoms with E-state index in [2.05, 4.69) is 10.3 Å². The smallest absolute Gasteiger partial charge is 0.383 e. The molecule has 1 aromatic rings. The lowest BCUT2D eigenvalue weighted by molar-refractivity contribution is -0.137. The first-order valence-corrected chi connectivity index (χ1v) is 5.45. The Hall–Kier alpha value is -1.34. The molecule has 0 radical (unpaired) electrons. The summed E-state index contributed by atoms with van der Waals surface area (Å²) in [6.45, 7) is 0.977. The average Bonchev–Trinajstić information content (AvgIpc) is 2.29. The van der Waals surface area contributed by atoms with Gasteiger partial charge in [-0.05, 0) is 18.6 Å². The Bertz CT molecular complexity index is 354. The van der Waals surface area contributed by atoms with Crippen LogP contribution in [0.5, 0.6) is 0 Å². The monoisotopic (exact) mass is 263 g/mol. The Balaban J connectivity index is 2.40. The molecule has 0 aromatic carbocycles. The van der Waals surface area contributed by atoms with Crippen molar-refractivity contribution < 1.29 is 17.9 Å². The fraction of sp³-hybridized carbons (Fsp3) is 0.545. The molecule has 0 aliphatic rings. The van der Waals surface area contributed by atoms with E-state index >= 15 is 0 Å². The quantitative estimate of drug-likeness (QED) is 0.822. The number of nitrogens with zero attached hydrogens (tertiary/aromatic N) is 1. The predicted molar refractivity (Wildman–Crippen MR) is 62.2 cm³/mol. The molecule has 1 heterocycles. The topological polar surface area (TPSA) is 60.2 Å². The SMILES string of the molecule is COCC(N)CCNc1ccc(C(F)(F)F)cn1. The summed E-state index contributed by atoms with van der Waals surface area (Å²) in [4.78, 5) is 3.68. The molecule has 0 aliphatic carbocycles. The van der Waals surface area contributed by atoms with Gasteiger partial charge in [-0.1, -0.05) is 0 Å². The van der Waals surface area contributed by atoms with Crippen molar-refractivity contribution in [3.8, 4) is 0 Å². The van der Waals surface area contributed by atoms with Gasteiger partial charge < -0.3 is 15.8 Å². The number of alkyl halides is 3. The zero-order valence-electron chi connectivity index (χ0n) is 10.00. The van der Waals surface area contributed by atoms with Gasteiger partial charge in [0, 0.05) is 25.9 Å². The standard InChI is InChI=1S/C11H16F3N3O/c1-18-7-9(15)4-5-16-10-3-2-8(6-17-10)11(12,13)14/h2-3,6,9H,4-5,7,15H2,1H3,(H,16,17). The lowest BCUT2D eigenvalue weighted by atomic mass is 10.2. The van der Waals surface area contributed by atoms with Gasteiger partial charge in [-0.15, -0.1) is 0 Å². The fourth-order valence-electron chi connectivity index (χ4n) is 1.35. The average molecular weight is 263 g/mol. The van der Waals surface area contributed by atoms with Crippen molar-refractivity contribution in [2.45, 2.75) is 18.6 Å². The van der Waals surface area contributed by atoms with Crippen LogP contribution in [0.3, 0.4) is 0 Å². The maximum absolute atomic E-state index is 12.3. The minimum atomic E-state index is -4.35. The number of aromatic nitrogens is 1. The second-order valence-electron chi connectivity index (χ2n) is 3.86. The van der Waals surface area contributed by atoms with E-state index in [0.717, 1.165) is 12.3 Å². The Morgan fingerprint density at radius 3 is 2.67 bits per heavy atom. The van der Waals surface area contributed by atoms with E-state index in [-0.39, 0.29) is 6.04 Å². The third kappa shape index (κ3) is 4.89. The number of anilines is 1. The van der Waals surface area contributed by atoms with Gasteiger partial charge in [0.2, 0.25) is 0 Å². The van der Waals surface area contributed by atoms with Crippen LogP contribution in [-0.4, -0.2) is 31.3 Å². The molecular weight excluding hydrogens is 247 g/mol. The van der Waals surface area contributed by atoms with Crippen LogP contribution in [0, 0.1) is 0 Å². The van der Waals surface area contributed by atoms with E-state index in [1.165, 1.54) is 6.07 Å². The normalized spacial score (nSPS) is 13.4. The number of pyridine rings is 1. The highest BCUT2D eigenvalue weighted by molar-refractivity contribution is 5.36. The van der Waals surface area contributed by atoms with Crippen LogP contribution >= 0.6 is 0 Å². The second-order valence-corrected chi connectivity index (χ2v) is 3.86. The molecule has 7 heteroatoms. The summed E-state index contributed by atoms with van der Waals surface area (Å²) in [6.07, 6.45) is -2.90. The Labute approximate surface area is 103 Å². The minimum Gasteiger partial charge on any atom is -0.383 e. The number of hydrogen-bond acceptors (Lipinski definition) is 4. The van der Waals surface area contributed by atoms with E-state index in [1.54, 1.807) is 7.11 Å². The zero-order valence-corrected chi connectivity index (χ0v) is 10.00. The summed E-state index contributed by atoms with van der Waals surface area (Å²) in [5.74, 6) is 0.396. The molecule has 0 saturated carbocycles. The highest BCUT2D eigenvalue weighted by Crippen LogP contribution is 2.28. The number of hydrogen-bond donors (Lipinski definition) is 2. The van der Waals surface area contributed by atoms with Gasteiger partial charge in [0.15, 0.2) is 0 Å². The van der Waals surface area contributed by atoms with E-state index < -0.39 is 11.7 Å². The molecule has 0 aliphatic heterocycles. The first kappa shape index (κ1) is 14.7. The van der Waals surface area contributed by atoms with Crippen LogP contribution in [0.25, 0.3) is 0 Å². The van der Waals surface area contributed by atoms with Crippen LogP contribution in [0.15, 0.2) is 18.3 Å². The number of ether oxygens (including phenoxy) is 1. The number of nitrogens with two attached hydrogens (primary N) is 1. The highest BCUT2D eigenvalue weighted by atomic mass is 19.4. The molecule has 4 nitrogen and oxygen atoms in total. The molecule has 1 atom stereocenters. The molecular formula is C11H16F3N3O. The molecule has 102 valence electrons. The van der Waals surface area contributed by atoms with Gasteiger partial charge in [0.25, 0.3) is 0 Å². The van der Waals surface area contributed by atoms with Crippen LogP contribution in [0.4, 0.5) is 19.0 Å². The van der Waals surface area contributed by atoms with Gasteiger partial charge in [0.05, 0.1) is 12.2 Å². The Kier molecular flexibility index (Phi) is 5.36. The Morgan fingerprint density at radius 1 is 1.44 bits per heavy atom. The molecule has 0 spiro atoms. The number of halogens is 3. The number of methoxy groups -OCH3 is 1. The molecule has 0 fully saturated rings. The zero-order chi connectivity index (χ0) is 13.6. The molecule has 0 amide bonds. The molecule has 1 unspecified atom stereocenters. The summed E-state index contributed by atoms with van der Waals surface area (Å²) >= 11 is 0.